The minimum Gasteiger partial charge on any atom is -0.481 e. The zero-order chi connectivity index (χ0) is 8.77. The summed E-state index contributed by atoms with van der Waals surface area (Å²) in [5, 5.41) is 8.95. The third kappa shape index (κ3) is 1.04. The zero-order valence-corrected chi connectivity index (χ0v) is 7.12. The van der Waals surface area contributed by atoms with E-state index in [9.17, 15) is 4.79 Å². The molecule has 2 saturated carbocycles. The summed E-state index contributed by atoms with van der Waals surface area (Å²) in [4.78, 5) is 10.9. The van der Waals surface area contributed by atoms with Crippen molar-refractivity contribution in [2.75, 3.05) is 0 Å². The van der Waals surface area contributed by atoms with E-state index in [1.54, 1.807) is 0 Å². The molecule has 0 aromatic rings. The van der Waals surface area contributed by atoms with Crippen molar-refractivity contribution in [3.63, 3.8) is 0 Å². The molecule has 3 atom stereocenters. The van der Waals surface area contributed by atoms with Crippen molar-refractivity contribution in [2.24, 2.45) is 17.6 Å². The number of fused-ring (bicyclic) bond motifs is 2. The number of hydrogen-bond acceptors (Lipinski definition) is 2. The molecule has 0 amide bonds. The average Bonchev–Trinajstić information content (AvgIpc) is 2.21. The summed E-state index contributed by atoms with van der Waals surface area (Å²) in [6.45, 7) is 0. The molecule has 3 nitrogen and oxygen atoms in total. The lowest BCUT2D eigenvalue weighted by molar-refractivity contribution is -0.143. The van der Waals surface area contributed by atoms with Crippen molar-refractivity contribution in [3.05, 3.63) is 0 Å². The van der Waals surface area contributed by atoms with Crippen LogP contribution < -0.4 is 5.73 Å². The summed E-state index contributed by atoms with van der Waals surface area (Å²) in [6.07, 6.45) is 4.95. The number of carboxylic acid groups (broad SMARTS) is 1. The molecule has 0 aliphatic heterocycles. The van der Waals surface area contributed by atoms with Gasteiger partial charge in [0.25, 0.3) is 0 Å². The molecule has 0 aromatic heterocycles. The monoisotopic (exact) mass is 169 g/mol. The third-order valence-corrected chi connectivity index (χ3v) is 3.48. The molecule has 2 aliphatic rings. The highest BCUT2D eigenvalue weighted by Crippen LogP contribution is 2.47. The smallest absolute Gasteiger partial charge is 0.308 e. The van der Waals surface area contributed by atoms with E-state index in [1.165, 1.54) is 6.42 Å². The molecular weight excluding hydrogens is 154 g/mol. The van der Waals surface area contributed by atoms with Gasteiger partial charge in [-0.2, -0.15) is 0 Å². The van der Waals surface area contributed by atoms with E-state index in [2.05, 4.69) is 0 Å². The second-order valence-corrected chi connectivity index (χ2v) is 4.32. The molecule has 0 unspecified atom stereocenters. The van der Waals surface area contributed by atoms with Gasteiger partial charge in [-0.05, 0) is 25.2 Å². The van der Waals surface area contributed by atoms with Crippen LogP contribution in [0.4, 0.5) is 0 Å². The van der Waals surface area contributed by atoms with Gasteiger partial charge in [0.05, 0.1) is 5.92 Å². The second kappa shape index (κ2) is 2.46. The summed E-state index contributed by atoms with van der Waals surface area (Å²) in [7, 11) is 0. The van der Waals surface area contributed by atoms with Crippen molar-refractivity contribution in [3.8, 4) is 0 Å². The molecule has 2 bridgehead atoms. The Bertz CT molecular complexity index is 217. The van der Waals surface area contributed by atoms with Crippen molar-refractivity contribution < 1.29 is 9.90 Å². The van der Waals surface area contributed by atoms with Gasteiger partial charge in [-0.1, -0.05) is 12.8 Å². The first-order chi connectivity index (χ1) is 5.62. The maximum atomic E-state index is 10.9. The molecule has 0 heterocycles. The Labute approximate surface area is 71.9 Å². The number of carboxylic acids is 1. The summed E-state index contributed by atoms with van der Waals surface area (Å²) in [5.41, 5.74) is 5.70. The highest BCUT2D eigenvalue weighted by atomic mass is 16.4. The highest BCUT2D eigenvalue weighted by molar-refractivity contribution is 5.72. The van der Waals surface area contributed by atoms with E-state index in [0.29, 0.717) is 5.92 Å². The topological polar surface area (TPSA) is 63.3 Å². The van der Waals surface area contributed by atoms with Crippen molar-refractivity contribution in [1.29, 1.82) is 0 Å². The van der Waals surface area contributed by atoms with Crippen LogP contribution in [0.15, 0.2) is 0 Å². The molecule has 0 spiro atoms. The quantitative estimate of drug-likeness (QED) is 0.615. The van der Waals surface area contributed by atoms with Crippen LogP contribution in [0.1, 0.15) is 32.1 Å². The van der Waals surface area contributed by atoms with E-state index in [0.717, 1.165) is 25.7 Å². The van der Waals surface area contributed by atoms with Gasteiger partial charge in [0.1, 0.15) is 0 Å². The Kier molecular flexibility index (Phi) is 1.65. The fourth-order valence-electron chi connectivity index (χ4n) is 2.89. The average molecular weight is 169 g/mol. The van der Waals surface area contributed by atoms with Crippen LogP contribution in [0.25, 0.3) is 0 Å². The molecule has 12 heavy (non-hydrogen) atoms. The lowest BCUT2D eigenvalue weighted by Crippen LogP contribution is -2.47. The first-order valence-corrected chi connectivity index (χ1v) is 4.63. The van der Waals surface area contributed by atoms with E-state index < -0.39 is 5.97 Å². The standard InChI is InChI=1S/C9H15NO2/c10-9-3-1-2-6(5-9)4-7(9)8(11)12/h6-7H,1-5,10H2,(H,11,12)/t6-,7+,9+/m1/s1. The van der Waals surface area contributed by atoms with Crippen LogP contribution in [0.2, 0.25) is 0 Å². The Balaban J connectivity index is 2.21. The molecule has 3 heteroatoms. The van der Waals surface area contributed by atoms with Gasteiger partial charge in [-0.25, -0.2) is 0 Å². The van der Waals surface area contributed by atoms with Crippen LogP contribution >= 0.6 is 0 Å². The lowest BCUT2D eigenvalue weighted by Gasteiger charge is -2.31. The fraction of sp³-hybridized carbons (Fsp3) is 0.889. The fourth-order valence-corrected chi connectivity index (χ4v) is 2.89. The summed E-state index contributed by atoms with van der Waals surface area (Å²) in [6, 6.07) is 0. The van der Waals surface area contributed by atoms with Crippen molar-refractivity contribution in [1.82, 2.24) is 0 Å². The SMILES string of the molecule is N[C@]12CCC[C@H](C[C@H]1C(=O)O)C2. The minimum absolute atomic E-state index is 0.273. The van der Waals surface area contributed by atoms with Gasteiger partial charge in [0, 0.05) is 5.54 Å². The Morgan fingerprint density at radius 2 is 2.33 bits per heavy atom. The second-order valence-electron chi connectivity index (χ2n) is 4.32. The number of carbonyl (C=O) groups is 1. The number of nitrogens with two attached hydrogens (primary N) is 1. The van der Waals surface area contributed by atoms with Crippen LogP contribution in [-0.4, -0.2) is 16.6 Å². The van der Waals surface area contributed by atoms with E-state index >= 15 is 0 Å². The normalized spacial score (nSPS) is 46.1. The Hall–Kier alpha value is -0.570. The molecule has 2 rings (SSSR count). The minimum atomic E-state index is -0.693. The lowest BCUT2D eigenvalue weighted by atomic mass is 9.80. The van der Waals surface area contributed by atoms with E-state index in [-0.39, 0.29) is 11.5 Å². The number of rotatable bonds is 1. The predicted octanol–water partition coefficient (Wildman–Crippen LogP) is 0.979. The first kappa shape index (κ1) is 8.05. The molecule has 0 aromatic carbocycles. The van der Waals surface area contributed by atoms with E-state index in [4.69, 9.17) is 10.8 Å². The molecule has 0 radical (unpaired) electrons. The molecule has 0 saturated heterocycles. The molecule has 2 aliphatic carbocycles. The highest BCUT2D eigenvalue weighted by Gasteiger charge is 2.49. The largest absolute Gasteiger partial charge is 0.481 e. The first-order valence-electron chi connectivity index (χ1n) is 4.63. The van der Waals surface area contributed by atoms with Crippen LogP contribution in [0, 0.1) is 11.8 Å². The summed E-state index contributed by atoms with van der Waals surface area (Å²) < 4.78 is 0. The van der Waals surface area contributed by atoms with Crippen LogP contribution in [0.5, 0.6) is 0 Å². The number of hydrogen-bond donors (Lipinski definition) is 2. The maximum absolute atomic E-state index is 10.9. The summed E-state index contributed by atoms with van der Waals surface area (Å²) in [5.74, 6) is -0.378. The van der Waals surface area contributed by atoms with Crippen molar-refractivity contribution >= 4 is 5.97 Å². The Morgan fingerprint density at radius 3 is 2.92 bits per heavy atom. The Morgan fingerprint density at radius 1 is 1.58 bits per heavy atom. The van der Waals surface area contributed by atoms with Crippen molar-refractivity contribution in [2.45, 2.75) is 37.6 Å². The van der Waals surface area contributed by atoms with Gasteiger partial charge in [0.2, 0.25) is 0 Å². The van der Waals surface area contributed by atoms with Crippen LogP contribution in [0.3, 0.4) is 0 Å². The third-order valence-electron chi connectivity index (χ3n) is 3.48. The molecule has 3 N–H and O–H groups in total. The van der Waals surface area contributed by atoms with E-state index in [1.807, 2.05) is 0 Å². The molecule has 68 valence electrons. The van der Waals surface area contributed by atoms with Gasteiger partial charge in [-0.3, -0.25) is 4.79 Å². The molecular formula is C9H15NO2. The number of aliphatic carboxylic acids is 1. The summed E-state index contributed by atoms with van der Waals surface area (Å²) >= 11 is 0. The molecule has 2 fully saturated rings. The maximum Gasteiger partial charge on any atom is 0.308 e. The van der Waals surface area contributed by atoms with Gasteiger partial charge < -0.3 is 10.8 Å². The van der Waals surface area contributed by atoms with Crippen LogP contribution in [-0.2, 0) is 4.79 Å². The van der Waals surface area contributed by atoms with Gasteiger partial charge in [0.15, 0.2) is 0 Å². The predicted molar refractivity (Wildman–Crippen MR) is 44.6 cm³/mol. The van der Waals surface area contributed by atoms with Gasteiger partial charge in [-0.15, -0.1) is 0 Å². The van der Waals surface area contributed by atoms with Gasteiger partial charge >= 0.3 is 5.97 Å². The zero-order valence-electron chi connectivity index (χ0n) is 7.12.